The predicted molar refractivity (Wildman–Crippen MR) is 49.5 cm³/mol. The molecule has 0 unspecified atom stereocenters. The summed E-state index contributed by atoms with van der Waals surface area (Å²) in [5, 5.41) is 1.99. The van der Waals surface area contributed by atoms with Gasteiger partial charge >= 0.3 is 0 Å². The van der Waals surface area contributed by atoms with Gasteiger partial charge in [0.1, 0.15) is 0 Å². The van der Waals surface area contributed by atoms with Crippen molar-refractivity contribution in [3.63, 3.8) is 0 Å². The number of nitrogens with zero attached hydrogens (tertiary/aromatic N) is 2. The van der Waals surface area contributed by atoms with Crippen molar-refractivity contribution in [1.29, 1.82) is 0 Å². The molecule has 1 aromatic rings. The fourth-order valence-corrected chi connectivity index (χ4v) is 1.42. The lowest BCUT2D eigenvalue weighted by Crippen LogP contribution is -2.48. The molecule has 4 heteroatoms. The summed E-state index contributed by atoms with van der Waals surface area (Å²) in [5.41, 5.74) is 0.0180. The van der Waals surface area contributed by atoms with Crippen molar-refractivity contribution in [2.45, 2.75) is 0 Å². The van der Waals surface area contributed by atoms with Crippen molar-refractivity contribution in [2.24, 2.45) is 0 Å². The van der Waals surface area contributed by atoms with E-state index >= 15 is 0 Å². The Bertz CT molecular complexity index is 328. The van der Waals surface area contributed by atoms with Gasteiger partial charge in [-0.15, -0.1) is 0 Å². The molecule has 1 aliphatic rings. The monoisotopic (exact) mass is 180 g/mol. The first-order valence-corrected chi connectivity index (χ1v) is 4.38. The first kappa shape index (κ1) is 8.31. The van der Waals surface area contributed by atoms with Gasteiger partial charge in [0.15, 0.2) is 0 Å². The summed E-state index contributed by atoms with van der Waals surface area (Å²) in [6, 6.07) is 5.17. The van der Waals surface area contributed by atoms with Gasteiger partial charge in [0, 0.05) is 12.3 Å². The van der Waals surface area contributed by atoms with Crippen molar-refractivity contribution in [3.8, 4) is 0 Å². The Hall–Kier alpha value is -1.29. The second-order valence-electron chi connectivity index (χ2n) is 2.95. The zero-order valence-electron chi connectivity index (χ0n) is 7.35. The molecular formula is C9H12N2O2. The zero-order chi connectivity index (χ0) is 9.10. The van der Waals surface area contributed by atoms with E-state index in [1.54, 1.807) is 23.0 Å². The molecule has 0 N–H and O–H groups in total. The molecule has 0 spiro atoms. The quantitative estimate of drug-likeness (QED) is 0.601. The molecule has 1 aliphatic heterocycles. The van der Waals surface area contributed by atoms with Crippen LogP contribution in [0.5, 0.6) is 0 Å². The van der Waals surface area contributed by atoms with Gasteiger partial charge in [-0.3, -0.25) is 4.79 Å². The van der Waals surface area contributed by atoms with Gasteiger partial charge in [0.2, 0.25) is 0 Å². The first-order chi connectivity index (χ1) is 6.38. The van der Waals surface area contributed by atoms with E-state index in [0.717, 1.165) is 13.1 Å². The van der Waals surface area contributed by atoms with Crippen LogP contribution >= 0.6 is 0 Å². The highest BCUT2D eigenvalue weighted by molar-refractivity contribution is 4.99. The molecule has 0 aliphatic carbocycles. The minimum absolute atomic E-state index is 0.0180. The molecule has 0 bridgehead atoms. The third-order valence-electron chi connectivity index (χ3n) is 2.10. The largest absolute Gasteiger partial charge is 0.378 e. The number of aromatic nitrogens is 1. The molecule has 1 aromatic heterocycles. The molecule has 2 rings (SSSR count). The van der Waals surface area contributed by atoms with E-state index in [2.05, 4.69) is 0 Å². The van der Waals surface area contributed by atoms with E-state index in [0.29, 0.717) is 13.2 Å². The number of morpholine rings is 1. The van der Waals surface area contributed by atoms with E-state index in [4.69, 9.17) is 4.74 Å². The lowest BCUT2D eigenvalue weighted by Gasteiger charge is -2.29. The minimum atomic E-state index is 0.0180. The second-order valence-corrected chi connectivity index (χ2v) is 2.95. The standard InChI is InChI=1S/C9H12N2O2/c12-9-3-1-2-4-11(9)10-5-7-13-8-6-10/h1-4H,5-8H2. The summed E-state index contributed by atoms with van der Waals surface area (Å²) in [6.45, 7) is 2.95. The summed E-state index contributed by atoms with van der Waals surface area (Å²) < 4.78 is 6.85. The number of pyridine rings is 1. The van der Waals surface area contributed by atoms with Gasteiger partial charge in [-0.2, -0.15) is 0 Å². The Kier molecular flexibility index (Phi) is 2.31. The molecule has 0 aromatic carbocycles. The summed E-state index contributed by atoms with van der Waals surface area (Å²) in [6.07, 6.45) is 1.79. The van der Waals surface area contributed by atoms with Gasteiger partial charge in [-0.25, -0.2) is 4.68 Å². The molecule has 0 amide bonds. The number of hydrogen-bond donors (Lipinski definition) is 0. The van der Waals surface area contributed by atoms with E-state index in [9.17, 15) is 4.79 Å². The van der Waals surface area contributed by atoms with Gasteiger partial charge < -0.3 is 9.75 Å². The molecule has 70 valence electrons. The Morgan fingerprint density at radius 3 is 2.69 bits per heavy atom. The topological polar surface area (TPSA) is 34.5 Å². The van der Waals surface area contributed by atoms with Crippen LogP contribution in [0.3, 0.4) is 0 Å². The average molecular weight is 180 g/mol. The SMILES string of the molecule is O=c1ccccn1N1CCOCC1. The second kappa shape index (κ2) is 3.62. The van der Waals surface area contributed by atoms with Crippen LogP contribution in [-0.2, 0) is 4.74 Å². The molecule has 4 nitrogen and oxygen atoms in total. The van der Waals surface area contributed by atoms with E-state index in [-0.39, 0.29) is 5.56 Å². The normalized spacial score (nSPS) is 17.4. The molecule has 1 saturated heterocycles. The molecule has 13 heavy (non-hydrogen) atoms. The maximum absolute atomic E-state index is 11.4. The Morgan fingerprint density at radius 2 is 2.00 bits per heavy atom. The smallest absolute Gasteiger partial charge is 0.268 e. The van der Waals surface area contributed by atoms with E-state index in [1.165, 1.54) is 0 Å². The molecule has 0 saturated carbocycles. The van der Waals surface area contributed by atoms with Crippen molar-refractivity contribution < 1.29 is 4.74 Å². The van der Waals surface area contributed by atoms with Crippen LogP contribution in [0.4, 0.5) is 0 Å². The van der Waals surface area contributed by atoms with E-state index in [1.807, 2.05) is 11.1 Å². The third kappa shape index (κ3) is 1.72. The first-order valence-electron chi connectivity index (χ1n) is 4.38. The molecule has 1 fully saturated rings. The Balaban J connectivity index is 2.24. The minimum Gasteiger partial charge on any atom is -0.378 e. The highest BCUT2D eigenvalue weighted by atomic mass is 16.5. The zero-order valence-corrected chi connectivity index (χ0v) is 7.35. The van der Waals surface area contributed by atoms with Gasteiger partial charge in [-0.1, -0.05) is 6.07 Å². The van der Waals surface area contributed by atoms with E-state index < -0.39 is 0 Å². The van der Waals surface area contributed by atoms with Crippen LogP contribution in [-0.4, -0.2) is 31.0 Å². The summed E-state index contributed by atoms with van der Waals surface area (Å²) in [5.74, 6) is 0. The van der Waals surface area contributed by atoms with Crippen LogP contribution in [0, 0.1) is 0 Å². The summed E-state index contributed by atoms with van der Waals surface area (Å²) in [7, 11) is 0. The van der Waals surface area contributed by atoms with Crippen LogP contribution in [0.15, 0.2) is 29.2 Å². The lowest BCUT2D eigenvalue weighted by molar-refractivity contribution is 0.110. The van der Waals surface area contributed by atoms with Gasteiger partial charge in [-0.05, 0) is 6.07 Å². The predicted octanol–water partition coefficient (Wildman–Crippen LogP) is -0.183. The van der Waals surface area contributed by atoms with Crippen molar-refractivity contribution in [3.05, 3.63) is 34.7 Å². The van der Waals surface area contributed by atoms with Crippen LogP contribution in [0.1, 0.15) is 0 Å². The highest BCUT2D eigenvalue weighted by Crippen LogP contribution is 1.94. The maximum atomic E-state index is 11.4. The fraction of sp³-hybridized carbons (Fsp3) is 0.444. The fourth-order valence-electron chi connectivity index (χ4n) is 1.42. The average Bonchev–Trinajstić information content (AvgIpc) is 2.20. The Labute approximate surface area is 76.3 Å². The van der Waals surface area contributed by atoms with Gasteiger partial charge in [0.05, 0.1) is 26.3 Å². The lowest BCUT2D eigenvalue weighted by atomic mass is 10.5. The number of ether oxygens (including phenoxy) is 1. The highest BCUT2D eigenvalue weighted by Gasteiger charge is 2.10. The van der Waals surface area contributed by atoms with Crippen LogP contribution in [0.2, 0.25) is 0 Å². The van der Waals surface area contributed by atoms with Crippen LogP contribution < -0.4 is 10.6 Å². The summed E-state index contributed by atoms with van der Waals surface area (Å²) in [4.78, 5) is 11.4. The maximum Gasteiger partial charge on any atom is 0.268 e. The van der Waals surface area contributed by atoms with Crippen molar-refractivity contribution >= 4 is 0 Å². The number of hydrogen-bond acceptors (Lipinski definition) is 3. The molecule has 0 atom stereocenters. The molecular weight excluding hydrogens is 168 g/mol. The van der Waals surface area contributed by atoms with Crippen LogP contribution in [0.25, 0.3) is 0 Å². The van der Waals surface area contributed by atoms with Crippen molar-refractivity contribution in [1.82, 2.24) is 4.68 Å². The Morgan fingerprint density at radius 1 is 1.23 bits per heavy atom. The molecule has 2 heterocycles. The van der Waals surface area contributed by atoms with Crippen molar-refractivity contribution in [2.75, 3.05) is 31.3 Å². The van der Waals surface area contributed by atoms with Gasteiger partial charge in [0.25, 0.3) is 5.56 Å². The number of rotatable bonds is 1. The molecule has 0 radical (unpaired) electrons. The third-order valence-corrected chi connectivity index (χ3v) is 2.10. The summed E-state index contributed by atoms with van der Waals surface area (Å²) >= 11 is 0.